The highest BCUT2D eigenvalue weighted by Crippen LogP contribution is 2.23. The average Bonchev–Trinajstić information content (AvgIpc) is 2.54. The first-order valence-electron chi connectivity index (χ1n) is 9.37. The molecule has 0 radical (unpaired) electrons. The van der Waals surface area contributed by atoms with Crippen LogP contribution in [0.15, 0.2) is 0 Å². The third kappa shape index (κ3) is 4.67. The normalized spacial score (nSPS) is 31.4. The van der Waals surface area contributed by atoms with Crippen molar-refractivity contribution in [2.45, 2.75) is 65.5 Å². The number of rotatable bonds is 6. The van der Waals surface area contributed by atoms with E-state index in [1.54, 1.807) is 0 Å². The van der Waals surface area contributed by atoms with Crippen molar-refractivity contribution in [3.8, 4) is 0 Å². The zero-order chi connectivity index (χ0) is 15.2. The molecular weight excluding hydrogens is 258 g/mol. The fraction of sp³-hybridized carbons (Fsp3) is 1.00. The van der Waals surface area contributed by atoms with Crippen molar-refractivity contribution in [3.63, 3.8) is 0 Å². The molecule has 0 amide bonds. The fourth-order valence-electron chi connectivity index (χ4n) is 3.99. The second-order valence-corrected chi connectivity index (χ2v) is 7.29. The SMILES string of the molecule is CCC(C)C1CN(CC2CCN(CC)CC2)C(CC)CN1. The Kier molecular flexibility index (Phi) is 6.97. The molecule has 3 nitrogen and oxygen atoms in total. The van der Waals surface area contributed by atoms with Gasteiger partial charge in [0, 0.05) is 31.7 Å². The van der Waals surface area contributed by atoms with E-state index in [0.717, 1.165) is 17.9 Å². The first kappa shape index (κ1) is 17.2. The molecule has 0 bridgehead atoms. The van der Waals surface area contributed by atoms with E-state index < -0.39 is 0 Å². The molecular formula is C18H37N3. The zero-order valence-corrected chi connectivity index (χ0v) is 14.8. The predicted molar refractivity (Wildman–Crippen MR) is 91.7 cm³/mol. The Morgan fingerprint density at radius 2 is 1.86 bits per heavy atom. The van der Waals surface area contributed by atoms with Crippen LogP contribution in [0.2, 0.25) is 0 Å². The monoisotopic (exact) mass is 295 g/mol. The summed E-state index contributed by atoms with van der Waals surface area (Å²) in [5.41, 5.74) is 0. The lowest BCUT2D eigenvalue weighted by Gasteiger charge is -2.44. The largest absolute Gasteiger partial charge is 0.311 e. The van der Waals surface area contributed by atoms with Gasteiger partial charge in [0.25, 0.3) is 0 Å². The van der Waals surface area contributed by atoms with E-state index >= 15 is 0 Å². The van der Waals surface area contributed by atoms with Crippen molar-refractivity contribution < 1.29 is 0 Å². The molecule has 124 valence electrons. The van der Waals surface area contributed by atoms with Crippen LogP contribution >= 0.6 is 0 Å². The van der Waals surface area contributed by atoms with E-state index in [2.05, 4.69) is 42.8 Å². The molecule has 3 atom stereocenters. The van der Waals surface area contributed by atoms with Crippen LogP contribution in [-0.4, -0.2) is 61.2 Å². The van der Waals surface area contributed by atoms with E-state index in [-0.39, 0.29) is 0 Å². The minimum absolute atomic E-state index is 0.702. The number of hydrogen-bond donors (Lipinski definition) is 1. The highest BCUT2D eigenvalue weighted by atomic mass is 15.2. The van der Waals surface area contributed by atoms with Crippen LogP contribution < -0.4 is 5.32 Å². The Hall–Kier alpha value is -0.120. The van der Waals surface area contributed by atoms with Crippen molar-refractivity contribution in [2.75, 3.05) is 39.3 Å². The number of nitrogens with one attached hydrogen (secondary N) is 1. The van der Waals surface area contributed by atoms with Gasteiger partial charge in [-0.2, -0.15) is 0 Å². The summed E-state index contributed by atoms with van der Waals surface area (Å²) in [7, 11) is 0. The first-order valence-corrected chi connectivity index (χ1v) is 9.37. The third-order valence-corrected chi connectivity index (χ3v) is 6.01. The number of hydrogen-bond acceptors (Lipinski definition) is 3. The topological polar surface area (TPSA) is 18.5 Å². The van der Waals surface area contributed by atoms with E-state index in [9.17, 15) is 0 Å². The van der Waals surface area contributed by atoms with Gasteiger partial charge in [-0.3, -0.25) is 4.90 Å². The van der Waals surface area contributed by atoms with Crippen molar-refractivity contribution in [1.82, 2.24) is 15.1 Å². The van der Waals surface area contributed by atoms with Gasteiger partial charge in [0.1, 0.15) is 0 Å². The number of likely N-dealkylation sites (tertiary alicyclic amines) is 1. The smallest absolute Gasteiger partial charge is 0.0221 e. The van der Waals surface area contributed by atoms with Gasteiger partial charge in [-0.05, 0) is 50.7 Å². The summed E-state index contributed by atoms with van der Waals surface area (Å²) in [5.74, 6) is 1.73. The zero-order valence-electron chi connectivity index (χ0n) is 14.8. The molecule has 2 aliphatic rings. The van der Waals surface area contributed by atoms with Crippen molar-refractivity contribution in [2.24, 2.45) is 11.8 Å². The molecule has 1 N–H and O–H groups in total. The molecule has 3 heteroatoms. The highest BCUT2D eigenvalue weighted by molar-refractivity contribution is 4.89. The van der Waals surface area contributed by atoms with Gasteiger partial charge in [-0.25, -0.2) is 0 Å². The lowest BCUT2D eigenvalue weighted by atomic mass is 9.91. The summed E-state index contributed by atoms with van der Waals surface area (Å²) in [6, 6.07) is 1.46. The van der Waals surface area contributed by atoms with E-state index in [4.69, 9.17) is 0 Å². The molecule has 0 aliphatic carbocycles. The summed E-state index contributed by atoms with van der Waals surface area (Å²) in [6.07, 6.45) is 5.38. The van der Waals surface area contributed by atoms with Gasteiger partial charge in [-0.1, -0.05) is 34.1 Å². The molecule has 2 heterocycles. The molecule has 0 aromatic carbocycles. The summed E-state index contributed by atoms with van der Waals surface area (Å²) in [6.45, 7) is 17.0. The van der Waals surface area contributed by atoms with Crippen LogP contribution in [0.1, 0.15) is 53.4 Å². The average molecular weight is 296 g/mol. The molecule has 3 unspecified atom stereocenters. The minimum Gasteiger partial charge on any atom is -0.311 e. The van der Waals surface area contributed by atoms with Crippen LogP contribution in [0.5, 0.6) is 0 Å². The maximum atomic E-state index is 3.80. The van der Waals surface area contributed by atoms with E-state index in [1.807, 2.05) is 0 Å². The Morgan fingerprint density at radius 3 is 2.43 bits per heavy atom. The maximum Gasteiger partial charge on any atom is 0.0221 e. The molecule has 0 aromatic heterocycles. The molecule has 21 heavy (non-hydrogen) atoms. The van der Waals surface area contributed by atoms with Gasteiger partial charge in [0.05, 0.1) is 0 Å². The summed E-state index contributed by atoms with van der Waals surface area (Å²) >= 11 is 0. The van der Waals surface area contributed by atoms with Crippen molar-refractivity contribution in [3.05, 3.63) is 0 Å². The van der Waals surface area contributed by atoms with Crippen LogP contribution in [-0.2, 0) is 0 Å². The lowest BCUT2D eigenvalue weighted by molar-refractivity contribution is 0.0713. The molecule has 2 aliphatic heterocycles. The fourth-order valence-corrected chi connectivity index (χ4v) is 3.99. The predicted octanol–water partition coefficient (Wildman–Crippen LogP) is 2.82. The third-order valence-electron chi connectivity index (χ3n) is 6.01. The highest BCUT2D eigenvalue weighted by Gasteiger charge is 2.31. The van der Waals surface area contributed by atoms with Gasteiger partial charge in [0.15, 0.2) is 0 Å². The Labute approximate surface area is 132 Å². The van der Waals surface area contributed by atoms with Gasteiger partial charge < -0.3 is 10.2 Å². The number of nitrogens with zero attached hydrogens (tertiary/aromatic N) is 2. The summed E-state index contributed by atoms with van der Waals surface area (Å²) in [5, 5.41) is 3.80. The van der Waals surface area contributed by atoms with Crippen LogP contribution in [0, 0.1) is 11.8 Å². The molecule has 2 saturated heterocycles. The maximum absolute atomic E-state index is 3.80. The molecule has 0 aromatic rings. The van der Waals surface area contributed by atoms with Gasteiger partial charge >= 0.3 is 0 Å². The Balaban J connectivity index is 1.86. The second kappa shape index (κ2) is 8.50. The van der Waals surface area contributed by atoms with Gasteiger partial charge in [0.2, 0.25) is 0 Å². The Morgan fingerprint density at radius 1 is 1.14 bits per heavy atom. The summed E-state index contributed by atoms with van der Waals surface area (Å²) in [4.78, 5) is 5.42. The van der Waals surface area contributed by atoms with E-state index in [1.165, 1.54) is 65.0 Å². The summed E-state index contributed by atoms with van der Waals surface area (Å²) < 4.78 is 0. The standard InChI is InChI=1S/C18H37N3/c1-5-15(4)18-14-21(17(6-2)12-19-18)13-16-8-10-20(7-3)11-9-16/h15-19H,5-14H2,1-4H3. The molecule has 0 saturated carbocycles. The van der Waals surface area contributed by atoms with Crippen LogP contribution in [0.3, 0.4) is 0 Å². The van der Waals surface area contributed by atoms with Crippen molar-refractivity contribution >= 4 is 0 Å². The van der Waals surface area contributed by atoms with Crippen molar-refractivity contribution in [1.29, 1.82) is 0 Å². The Bertz CT molecular complexity index is 286. The lowest BCUT2D eigenvalue weighted by Crippen LogP contribution is -2.59. The first-order chi connectivity index (χ1) is 10.2. The molecule has 0 spiro atoms. The van der Waals surface area contributed by atoms with Gasteiger partial charge in [-0.15, -0.1) is 0 Å². The number of piperidine rings is 1. The molecule has 2 fully saturated rings. The quantitative estimate of drug-likeness (QED) is 0.813. The van der Waals surface area contributed by atoms with Crippen LogP contribution in [0.25, 0.3) is 0 Å². The van der Waals surface area contributed by atoms with Crippen LogP contribution in [0.4, 0.5) is 0 Å². The minimum atomic E-state index is 0.702. The van der Waals surface area contributed by atoms with E-state index in [0.29, 0.717) is 6.04 Å². The second-order valence-electron chi connectivity index (χ2n) is 7.29. The molecule has 2 rings (SSSR count). The number of piperazine rings is 1.